The maximum Gasteiger partial charge on any atom is 0.305 e. The number of nitrogens with one attached hydrogen (secondary N) is 2. The van der Waals surface area contributed by atoms with Crippen molar-refractivity contribution >= 4 is 22.8 Å². The lowest BCUT2D eigenvalue weighted by molar-refractivity contribution is 0.0831. The second kappa shape index (κ2) is 6.25. The van der Waals surface area contributed by atoms with Crippen LogP contribution in [0.5, 0.6) is 11.5 Å². The Kier molecular flexibility index (Phi) is 3.77. The smallest absolute Gasteiger partial charge is 0.305 e. The molecule has 8 nitrogen and oxygen atoms in total. The minimum atomic E-state index is -0.748. The van der Waals surface area contributed by atoms with E-state index in [1.807, 2.05) is 0 Å². The molecule has 3 aromatic rings. The molecule has 26 heavy (non-hydrogen) atoms. The molecular formula is C18H12N2O6. The lowest BCUT2D eigenvalue weighted by Gasteiger charge is -2.08. The van der Waals surface area contributed by atoms with E-state index < -0.39 is 11.8 Å². The predicted octanol–water partition coefficient (Wildman–Crippen LogP) is 1.60. The lowest BCUT2D eigenvalue weighted by atomic mass is 10.2. The maximum atomic E-state index is 12.2. The van der Waals surface area contributed by atoms with E-state index in [4.69, 9.17) is 13.9 Å². The van der Waals surface area contributed by atoms with E-state index in [1.165, 1.54) is 12.1 Å². The van der Waals surface area contributed by atoms with Crippen LogP contribution in [0.15, 0.2) is 57.7 Å². The Balaban J connectivity index is 1.48. The van der Waals surface area contributed by atoms with Gasteiger partial charge in [-0.3, -0.25) is 25.2 Å². The van der Waals surface area contributed by atoms with Crippen LogP contribution in [0.3, 0.4) is 0 Å². The Bertz CT molecular complexity index is 1090. The molecule has 1 aliphatic rings. The Morgan fingerprint density at radius 3 is 2.54 bits per heavy atom. The van der Waals surface area contributed by atoms with Crippen LogP contribution >= 0.6 is 0 Å². The first-order valence-electron chi connectivity index (χ1n) is 7.65. The maximum absolute atomic E-state index is 12.2. The van der Waals surface area contributed by atoms with Crippen LogP contribution in [-0.4, -0.2) is 18.6 Å². The van der Waals surface area contributed by atoms with Crippen molar-refractivity contribution in [3.8, 4) is 11.5 Å². The van der Waals surface area contributed by atoms with Gasteiger partial charge >= 0.3 is 5.91 Å². The van der Waals surface area contributed by atoms with Gasteiger partial charge in [-0.2, -0.15) is 0 Å². The molecule has 8 heteroatoms. The Morgan fingerprint density at radius 2 is 1.65 bits per heavy atom. The second-order valence-corrected chi connectivity index (χ2v) is 5.45. The molecule has 0 spiro atoms. The van der Waals surface area contributed by atoms with Crippen molar-refractivity contribution < 1.29 is 23.5 Å². The lowest BCUT2D eigenvalue weighted by Crippen LogP contribution is -2.41. The number of amides is 2. The minimum absolute atomic E-state index is 0.0954. The summed E-state index contributed by atoms with van der Waals surface area (Å²) in [6.45, 7) is 0.0954. The summed E-state index contributed by atoms with van der Waals surface area (Å²) in [7, 11) is 0. The molecule has 2 heterocycles. The predicted molar refractivity (Wildman–Crippen MR) is 90.0 cm³/mol. The summed E-state index contributed by atoms with van der Waals surface area (Å²) in [5.41, 5.74) is 4.68. The van der Waals surface area contributed by atoms with E-state index in [2.05, 4.69) is 10.9 Å². The molecule has 1 aromatic heterocycles. The van der Waals surface area contributed by atoms with Gasteiger partial charge in [0.15, 0.2) is 22.7 Å². The number of rotatable bonds is 2. The van der Waals surface area contributed by atoms with Crippen LogP contribution in [0.2, 0.25) is 0 Å². The number of hydrogen-bond donors (Lipinski definition) is 2. The van der Waals surface area contributed by atoms with Gasteiger partial charge in [0.2, 0.25) is 6.79 Å². The average molecular weight is 352 g/mol. The van der Waals surface area contributed by atoms with Gasteiger partial charge in [-0.15, -0.1) is 0 Å². The molecular weight excluding hydrogens is 340 g/mol. The molecule has 0 atom stereocenters. The number of ether oxygens (including phenoxy) is 2. The highest BCUT2D eigenvalue weighted by atomic mass is 16.7. The normalized spacial score (nSPS) is 12.0. The summed E-state index contributed by atoms with van der Waals surface area (Å²) >= 11 is 0. The molecule has 4 rings (SSSR count). The van der Waals surface area contributed by atoms with E-state index in [1.54, 1.807) is 30.3 Å². The molecule has 130 valence electrons. The van der Waals surface area contributed by atoms with Gasteiger partial charge in [-0.25, -0.2) is 0 Å². The molecule has 2 amide bonds. The van der Waals surface area contributed by atoms with Gasteiger partial charge in [-0.05, 0) is 30.3 Å². The second-order valence-electron chi connectivity index (χ2n) is 5.45. The zero-order chi connectivity index (χ0) is 18.1. The van der Waals surface area contributed by atoms with Gasteiger partial charge in [-0.1, -0.05) is 12.1 Å². The van der Waals surface area contributed by atoms with Crippen LogP contribution in [-0.2, 0) is 0 Å². The third-order valence-corrected chi connectivity index (χ3v) is 3.78. The fourth-order valence-electron chi connectivity index (χ4n) is 2.50. The summed E-state index contributed by atoms with van der Waals surface area (Å²) in [5.74, 6) is -0.519. The van der Waals surface area contributed by atoms with Crippen LogP contribution in [0.25, 0.3) is 11.0 Å². The molecule has 0 unspecified atom stereocenters. The van der Waals surface area contributed by atoms with Crippen molar-refractivity contribution in [1.29, 1.82) is 0 Å². The van der Waals surface area contributed by atoms with Gasteiger partial charge in [0.25, 0.3) is 5.91 Å². The van der Waals surface area contributed by atoms with Crippen molar-refractivity contribution in [1.82, 2.24) is 10.9 Å². The number of carbonyl (C=O) groups is 2. The highest BCUT2D eigenvalue weighted by Gasteiger charge is 2.17. The van der Waals surface area contributed by atoms with Crippen molar-refractivity contribution in [2.45, 2.75) is 0 Å². The average Bonchev–Trinajstić information content (AvgIpc) is 3.13. The number of benzene rings is 2. The molecule has 0 fully saturated rings. The molecule has 0 saturated heterocycles. The number of hydrazine groups is 1. The largest absolute Gasteiger partial charge is 0.454 e. The molecule has 0 radical (unpaired) electrons. The fraction of sp³-hybridized carbons (Fsp3) is 0.0556. The fourth-order valence-corrected chi connectivity index (χ4v) is 2.50. The zero-order valence-electron chi connectivity index (χ0n) is 13.3. The third kappa shape index (κ3) is 2.84. The topological polar surface area (TPSA) is 107 Å². The first kappa shape index (κ1) is 15.7. The summed E-state index contributed by atoms with van der Waals surface area (Å²) in [6, 6.07) is 12.3. The van der Waals surface area contributed by atoms with Crippen molar-refractivity contribution in [3.05, 3.63) is 70.1 Å². The van der Waals surface area contributed by atoms with E-state index in [0.29, 0.717) is 16.9 Å². The SMILES string of the molecule is O=C(NNC(=O)c1cc(=O)c2ccccc2o1)c1ccc2c(c1)OCO2. The number of carbonyl (C=O) groups excluding carboxylic acids is 2. The summed E-state index contributed by atoms with van der Waals surface area (Å²) in [6.07, 6.45) is 0. The van der Waals surface area contributed by atoms with Crippen LogP contribution in [0.4, 0.5) is 0 Å². The highest BCUT2D eigenvalue weighted by molar-refractivity contribution is 5.98. The summed E-state index contributed by atoms with van der Waals surface area (Å²) < 4.78 is 15.8. The van der Waals surface area contributed by atoms with Crippen LogP contribution < -0.4 is 25.8 Å². The van der Waals surface area contributed by atoms with Gasteiger partial charge < -0.3 is 13.9 Å². The summed E-state index contributed by atoms with van der Waals surface area (Å²) in [5, 5.41) is 0.369. The number of para-hydroxylation sites is 1. The molecule has 0 bridgehead atoms. The standard InChI is InChI=1S/C18H12N2O6/c21-12-8-16(26-13-4-2-1-3-11(12)13)18(23)20-19-17(22)10-5-6-14-15(7-10)25-9-24-14/h1-8H,9H2,(H,19,22)(H,20,23). The molecule has 2 aromatic carbocycles. The zero-order valence-corrected chi connectivity index (χ0v) is 13.3. The van der Waals surface area contributed by atoms with Crippen LogP contribution in [0.1, 0.15) is 20.9 Å². The number of fused-ring (bicyclic) bond motifs is 2. The molecule has 0 aliphatic carbocycles. The van der Waals surface area contributed by atoms with Crippen molar-refractivity contribution in [2.75, 3.05) is 6.79 Å². The third-order valence-electron chi connectivity index (χ3n) is 3.78. The van der Waals surface area contributed by atoms with Crippen molar-refractivity contribution in [3.63, 3.8) is 0 Å². The highest BCUT2D eigenvalue weighted by Crippen LogP contribution is 2.32. The van der Waals surface area contributed by atoms with Gasteiger partial charge in [0, 0.05) is 11.6 Å². The Morgan fingerprint density at radius 1 is 0.885 bits per heavy atom. The van der Waals surface area contributed by atoms with E-state index >= 15 is 0 Å². The van der Waals surface area contributed by atoms with E-state index in [0.717, 1.165) is 6.07 Å². The molecule has 0 saturated carbocycles. The first-order valence-corrected chi connectivity index (χ1v) is 7.65. The van der Waals surface area contributed by atoms with Crippen LogP contribution in [0, 0.1) is 0 Å². The van der Waals surface area contributed by atoms with E-state index in [9.17, 15) is 14.4 Å². The number of hydrogen-bond acceptors (Lipinski definition) is 6. The Labute approximate surface area is 146 Å². The first-order chi connectivity index (χ1) is 12.6. The monoisotopic (exact) mass is 352 g/mol. The molecule has 1 aliphatic heterocycles. The minimum Gasteiger partial charge on any atom is -0.454 e. The molecule has 2 N–H and O–H groups in total. The quantitative estimate of drug-likeness (QED) is 0.679. The van der Waals surface area contributed by atoms with Gasteiger partial charge in [0.05, 0.1) is 5.39 Å². The van der Waals surface area contributed by atoms with E-state index in [-0.39, 0.29) is 29.1 Å². The van der Waals surface area contributed by atoms with Gasteiger partial charge in [0.1, 0.15) is 5.58 Å². The van der Waals surface area contributed by atoms with Crippen molar-refractivity contribution in [2.24, 2.45) is 0 Å². The summed E-state index contributed by atoms with van der Waals surface area (Å²) in [4.78, 5) is 36.3. The Hall–Kier alpha value is -3.81.